The number of fused-ring (bicyclic) bond motifs is 1. The molecule has 0 atom stereocenters. The van der Waals surface area contributed by atoms with Crippen LogP contribution < -0.4 is 0 Å². The summed E-state index contributed by atoms with van der Waals surface area (Å²) >= 11 is 0. The fraction of sp³-hybridized carbons (Fsp3) is 0.524. The first-order chi connectivity index (χ1) is 13.1. The van der Waals surface area contributed by atoms with Gasteiger partial charge in [-0.3, -0.25) is 0 Å². The van der Waals surface area contributed by atoms with E-state index in [-0.39, 0.29) is 0 Å². The largest absolute Gasteiger partial charge is 0.381 e. The van der Waals surface area contributed by atoms with Gasteiger partial charge in [-0.15, -0.1) is 0 Å². The highest BCUT2D eigenvalue weighted by Crippen LogP contribution is 2.27. The fourth-order valence-corrected chi connectivity index (χ4v) is 5.91. The maximum absolute atomic E-state index is 13.1. The van der Waals surface area contributed by atoms with Gasteiger partial charge in [-0.2, -0.15) is 4.31 Å². The van der Waals surface area contributed by atoms with Gasteiger partial charge in [0.1, 0.15) is 0 Å². The summed E-state index contributed by atoms with van der Waals surface area (Å²) in [5.41, 5.74) is 0. The molecule has 0 radical (unpaired) electrons. The Bertz CT molecular complexity index is 883. The number of rotatable bonds is 4. The lowest BCUT2D eigenvalue weighted by Crippen LogP contribution is -2.49. The summed E-state index contributed by atoms with van der Waals surface area (Å²) in [7, 11) is -1.64. The van der Waals surface area contributed by atoms with Crippen LogP contribution in [0.5, 0.6) is 0 Å². The van der Waals surface area contributed by atoms with Crippen LogP contribution in [0.4, 0.5) is 0 Å². The maximum Gasteiger partial charge on any atom is 0.243 e. The van der Waals surface area contributed by atoms with Crippen LogP contribution in [0.1, 0.15) is 25.7 Å². The smallest absolute Gasteiger partial charge is 0.243 e. The third kappa shape index (κ3) is 3.90. The van der Waals surface area contributed by atoms with Crippen molar-refractivity contribution in [3.63, 3.8) is 0 Å². The summed E-state index contributed by atoms with van der Waals surface area (Å²) in [4.78, 5) is 2.93. The Morgan fingerprint density at radius 1 is 0.889 bits per heavy atom. The Labute approximate surface area is 162 Å². The molecule has 0 unspecified atom stereocenters. The molecule has 146 valence electrons. The van der Waals surface area contributed by atoms with Gasteiger partial charge in [-0.25, -0.2) is 8.42 Å². The number of benzene rings is 2. The van der Waals surface area contributed by atoms with Gasteiger partial charge < -0.3 is 9.64 Å². The van der Waals surface area contributed by atoms with Crippen LogP contribution in [-0.2, 0) is 14.8 Å². The number of hydrogen-bond donors (Lipinski definition) is 0. The second kappa shape index (κ2) is 7.87. The molecular weight excluding hydrogens is 360 g/mol. The van der Waals surface area contributed by atoms with Crippen LogP contribution >= 0.6 is 0 Å². The normalized spacial score (nSPS) is 21.7. The molecule has 2 aromatic carbocycles. The molecule has 27 heavy (non-hydrogen) atoms. The van der Waals surface area contributed by atoms with Crippen LogP contribution in [0.2, 0.25) is 0 Å². The van der Waals surface area contributed by atoms with Crippen molar-refractivity contribution in [2.75, 3.05) is 33.3 Å². The predicted molar refractivity (Wildman–Crippen MR) is 107 cm³/mol. The predicted octanol–water partition coefficient (Wildman–Crippen LogP) is 3.10. The third-order valence-electron chi connectivity index (χ3n) is 6.11. The molecule has 0 N–H and O–H groups in total. The van der Waals surface area contributed by atoms with E-state index in [2.05, 4.69) is 4.90 Å². The molecule has 2 fully saturated rings. The van der Waals surface area contributed by atoms with Crippen LogP contribution in [0.3, 0.4) is 0 Å². The number of piperidine rings is 2. The molecule has 0 aromatic heterocycles. The lowest BCUT2D eigenvalue weighted by atomic mass is 10.00. The highest BCUT2D eigenvalue weighted by Gasteiger charge is 2.33. The minimum atomic E-state index is -3.43. The number of likely N-dealkylation sites (tertiary alicyclic amines) is 1. The Balaban J connectivity index is 1.42. The second-order valence-electron chi connectivity index (χ2n) is 7.62. The van der Waals surface area contributed by atoms with Crippen molar-refractivity contribution in [3.8, 4) is 0 Å². The zero-order valence-corrected chi connectivity index (χ0v) is 16.7. The van der Waals surface area contributed by atoms with E-state index in [1.54, 1.807) is 23.5 Å². The zero-order chi connectivity index (χ0) is 18.9. The van der Waals surface area contributed by atoms with E-state index >= 15 is 0 Å². The van der Waals surface area contributed by atoms with Crippen molar-refractivity contribution >= 4 is 20.8 Å². The van der Waals surface area contributed by atoms with E-state index in [4.69, 9.17) is 4.74 Å². The maximum atomic E-state index is 13.1. The van der Waals surface area contributed by atoms with Crippen molar-refractivity contribution < 1.29 is 13.2 Å². The summed E-state index contributed by atoms with van der Waals surface area (Å²) < 4.78 is 33.3. The van der Waals surface area contributed by atoms with Gasteiger partial charge in [0.2, 0.25) is 10.0 Å². The van der Waals surface area contributed by atoms with Crippen molar-refractivity contribution in [2.24, 2.45) is 0 Å². The van der Waals surface area contributed by atoms with Crippen LogP contribution in [0.15, 0.2) is 47.4 Å². The fourth-order valence-electron chi connectivity index (χ4n) is 4.40. The summed E-state index contributed by atoms with van der Waals surface area (Å²) in [6.45, 7) is 3.31. The van der Waals surface area contributed by atoms with Crippen LogP contribution in [0, 0.1) is 0 Å². The van der Waals surface area contributed by atoms with Crippen molar-refractivity contribution in [1.82, 2.24) is 9.21 Å². The standard InChI is InChI=1S/C21H28N2O3S/c1-26-20-10-12-22(13-11-20)19-8-14-23(15-9-19)27(24,25)21-7-6-17-4-2-3-5-18(17)16-21/h2-7,16,19-20H,8-15H2,1H3. The Morgan fingerprint density at radius 3 is 2.22 bits per heavy atom. The van der Waals surface area contributed by atoms with Crippen molar-refractivity contribution in [3.05, 3.63) is 42.5 Å². The van der Waals surface area contributed by atoms with Gasteiger partial charge in [0.15, 0.2) is 0 Å². The quantitative estimate of drug-likeness (QED) is 0.808. The topological polar surface area (TPSA) is 49.9 Å². The van der Waals surface area contributed by atoms with E-state index in [1.807, 2.05) is 30.3 Å². The monoisotopic (exact) mass is 388 g/mol. The summed E-state index contributed by atoms with van der Waals surface area (Å²) in [6.07, 6.45) is 4.35. The first-order valence-corrected chi connectivity index (χ1v) is 11.3. The van der Waals surface area contributed by atoms with Gasteiger partial charge in [0.05, 0.1) is 11.0 Å². The van der Waals surface area contributed by atoms with E-state index < -0.39 is 10.0 Å². The molecule has 0 saturated carbocycles. The van der Waals surface area contributed by atoms with E-state index in [0.29, 0.717) is 30.1 Å². The van der Waals surface area contributed by atoms with Crippen molar-refractivity contribution in [2.45, 2.75) is 42.7 Å². The SMILES string of the molecule is COC1CCN(C2CCN(S(=O)(=O)c3ccc4ccccc4c3)CC2)CC1. The first kappa shape index (κ1) is 18.9. The lowest BCUT2D eigenvalue weighted by molar-refractivity contribution is 0.0190. The Hall–Kier alpha value is -1.47. The molecule has 2 aromatic rings. The van der Waals surface area contributed by atoms with E-state index in [9.17, 15) is 8.42 Å². The molecule has 2 saturated heterocycles. The molecule has 0 spiro atoms. The number of nitrogens with zero attached hydrogens (tertiary/aromatic N) is 2. The highest BCUT2D eigenvalue weighted by atomic mass is 32.2. The van der Waals surface area contributed by atoms with Crippen LogP contribution in [0.25, 0.3) is 10.8 Å². The average molecular weight is 389 g/mol. The average Bonchev–Trinajstić information content (AvgIpc) is 2.73. The molecule has 0 bridgehead atoms. The van der Waals surface area contributed by atoms with E-state index in [0.717, 1.165) is 49.5 Å². The molecular formula is C21H28N2O3S. The molecule has 6 heteroatoms. The highest BCUT2D eigenvalue weighted by molar-refractivity contribution is 7.89. The molecule has 0 amide bonds. The summed E-state index contributed by atoms with van der Waals surface area (Å²) in [5.74, 6) is 0. The molecule has 4 rings (SSSR count). The second-order valence-corrected chi connectivity index (χ2v) is 9.55. The molecule has 2 aliphatic heterocycles. The number of methoxy groups -OCH3 is 1. The summed E-state index contributed by atoms with van der Waals surface area (Å²) in [6, 6.07) is 13.8. The number of ether oxygens (including phenoxy) is 1. The van der Waals surface area contributed by atoms with Gasteiger partial charge >= 0.3 is 0 Å². The van der Waals surface area contributed by atoms with E-state index in [1.165, 1.54) is 0 Å². The van der Waals surface area contributed by atoms with Crippen LogP contribution in [-0.4, -0.2) is 63.1 Å². The number of sulfonamides is 1. The van der Waals surface area contributed by atoms with Gasteiger partial charge in [0, 0.05) is 39.3 Å². The zero-order valence-electron chi connectivity index (χ0n) is 15.9. The van der Waals surface area contributed by atoms with Gasteiger partial charge in [0.25, 0.3) is 0 Å². The Kier molecular flexibility index (Phi) is 5.50. The minimum absolute atomic E-state index is 0.384. The van der Waals surface area contributed by atoms with Gasteiger partial charge in [-0.1, -0.05) is 30.3 Å². The minimum Gasteiger partial charge on any atom is -0.381 e. The number of hydrogen-bond acceptors (Lipinski definition) is 4. The molecule has 2 heterocycles. The third-order valence-corrected chi connectivity index (χ3v) is 8.00. The molecule has 5 nitrogen and oxygen atoms in total. The molecule has 0 aliphatic carbocycles. The Morgan fingerprint density at radius 2 is 1.56 bits per heavy atom. The lowest BCUT2D eigenvalue weighted by Gasteiger charge is -2.41. The first-order valence-electron chi connectivity index (χ1n) is 9.84. The van der Waals surface area contributed by atoms with Gasteiger partial charge in [-0.05, 0) is 48.6 Å². The molecule has 2 aliphatic rings. The van der Waals surface area contributed by atoms with Crippen molar-refractivity contribution in [1.29, 1.82) is 0 Å². The summed E-state index contributed by atoms with van der Waals surface area (Å²) in [5, 5.41) is 2.03.